The van der Waals surface area contributed by atoms with Crippen molar-refractivity contribution in [3.8, 4) is 11.5 Å². The summed E-state index contributed by atoms with van der Waals surface area (Å²) >= 11 is 0. The maximum Gasteiger partial charge on any atom is 0.127 e. The van der Waals surface area contributed by atoms with E-state index in [0.29, 0.717) is 0 Å². The monoisotopic (exact) mass is 213 g/mol. The lowest BCUT2D eigenvalue weighted by Crippen LogP contribution is -1.88. The van der Waals surface area contributed by atoms with Gasteiger partial charge >= 0.3 is 0 Å². The molecule has 0 aromatic heterocycles. The van der Waals surface area contributed by atoms with Crippen LogP contribution in [0.15, 0.2) is 42.5 Å². The Hall–Kier alpha value is -1.96. The van der Waals surface area contributed by atoms with Crippen LogP contribution in [0.4, 0.5) is 5.69 Å². The van der Waals surface area contributed by atoms with Crippen molar-refractivity contribution in [2.45, 2.75) is 13.8 Å². The van der Waals surface area contributed by atoms with Gasteiger partial charge in [0.1, 0.15) is 11.5 Å². The number of ether oxygens (including phenoxy) is 1. The molecule has 0 saturated carbocycles. The molecule has 0 spiro atoms. The highest BCUT2D eigenvalue weighted by Gasteiger charge is 1.99. The molecule has 0 bridgehead atoms. The van der Waals surface area contributed by atoms with Crippen molar-refractivity contribution in [3.63, 3.8) is 0 Å². The van der Waals surface area contributed by atoms with Gasteiger partial charge in [-0.2, -0.15) is 0 Å². The first-order valence-corrected chi connectivity index (χ1v) is 5.26. The molecule has 0 radical (unpaired) electrons. The highest BCUT2D eigenvalue weighted by Crippen LogP contribution is 2.24. The molecular formula is C14H15NO. The fourth-order valence-electron chi connectivity index (χ4n) is 1.45. The first-order chi connectivity index (χ1) is 7.65. The minimum Gasteiger partial charge on any atom is -0.457 e. The fourth-order valence-corrected chi connectivity index (χ4v) is 1.45. The van der Waals surface area contributed by atoms with Gasteiger partial charge in [-0.3, -0.25) is 0 Å². The van der Waals surface area contributed by atoms with Gasteiger partial charge in [0.05, 0.1) is 0 Å². The molecule has 0 amide bonds. The summed E-state index contributed by atoms with van der Waals surface area (Å²) in [6.07, 6.45) is 0. The molecule has 2 rings (SSSR count). The van der Waals surface area contributed by atoms with Crippen molar-refractivity contribution in [2.24, 2.45) is 0 Å². The lowest BCUT2D eigenvalue weighted by atomic mass is 10.1. The third-order valence-corrected chi connectivity index (χ3v) is 2.59. The Labute approximate surface area is 95.7 Å². The summed E-state index contributed by atoms with van der Waals surface area (Å²) in [5.41, 5.74) is 8.85. The zero-order valence-electron chi connectivity index (χ0n) is 9.53. The van der Waals surface area contributed by atoms with Gasteiger partial charge in [0, 0.05) is 5.69 Å². The molecule has 82 valence electrons. The highest BCUT2D eigenvalue weighted by molar-refractivity contribution is 5.43. The Morgan fingerprint density at radius 3 is 2.06 bits per heavy atom. The Bertz CT molecular complexity index is 489. The number of aryl methyl sites for hydroxylation is 2. The summed E-state index contributed by atoms with van der Waals surface area (Å²) in [6, 6.07) is 13.5. The van der Waals surface area contributed by atoms with E-state index in [9.17, 15) is 0 Å². The predicted molar refractivity (Wildman–Crippen MR) is 66.8 cm³/mol. The average molecular weight is 213 g/mol. The van der Waals surface area contributed by atoms with Crippen molar-refractivity contribution in [3.05, 3.63) is 53.6 Å². The van der Waals surface area contributed by atoms with Gasteiger partial charge < -0.3 is 10.5 Å². The number of benzene rings is 2. The highest BCUT2D eigenvalue weighted by atomic mass is 16.5. The minimum atomic E-state index is 0.743. The van der Waals surface area contributed by atoms with Gasteiger partial charge in [-0.25, -0.2) is 0 Å². The van der Waals surface area contributed by atoms with E-state index in [1.165, 1.54) is 11.1 Å². The second-order valence-electron chi connectivity index (χ2n) is 3.92. The van der Waals surface area contributed by atoms with E-state index in [4.69, 9.17) is 10.5 Å². The van der Waals surface area contributed by atoms with Crippen LogP contribution in [0.5, 0.6) is 11.5 Å². The number of anilines is 1. The zero-order chi connectivity index (χ0) is 11.5. The normalized spacial score (nSPS) is 10.1. The summed E-state index contributed by atoms with van der Waals surface area (Å²) in [5.74, 6) is 1.66. The van der Waals surface area contributed by atoms with Crippen LogP contribution in [0.1, 0.15) is 11.1 Å². The molecule has 0 fully saturated rings. The Kier molecular flexibility index (Phi) is 2.82. The lowest BCUT2D eigenvalue weighted by Gasteiger charge is -2.07. The van der Waals surface area contributed by atoms with Crippen molar-refractivity contribution < 1.29 is 4.74 Å². The molecule has 0 saturated heterocycles. The summed E-state index contributed by atoms with van der Waals surface area (Å²) in [5, 5.41) is 0. The maximum absolute atomic E-state index is 5.71. The lowest BCUT2D eigenvalue weighted by molar-refractivity contribution is 0.482. The maximum atomic E-state index is 5.71. The third kappa shape index (κ3) is 2.34. The average Bonchev–Trinajstić information content (AvgIpc) is 2.27. The molecule has 2 aromatic carbocycles. The third-order valence-electron chi connectivity index (χ3n) is 2.59. The fraction of sp³-hybridized carbons (Fsp3) is 0.143. The van der Waals surface area contributed by atoms with E-state index in [2.05, 4.69) is 19.9 Å². The number of hydrogen-bond acceptors (Lipinski definition) is 2. The van der Waals surface area contributed by atoms with Crippen molar-refractivity contribution in [1.29, 1.82) is 0 Å². The first-order valence-electron chi connectivity index (χ1n) is 5.26. The van der Waals surface area contributed by atoms with Crippen molar-refractivity contribution in [1.82, 2.24) is 0 Å². The van der Waals surface area contributed by atoms with E-state index in [0.717, 1.165) is 17.2 Å². The number of nitrogens with two attached hydrogens (primary N) is 1. The number of nitrogen functional groups attached to an aromatic ring is 1. The van der Waals surface area contributed by atoms with E-state index >= 15 is 0 Å². The van der Waals surface area contributed by atoms with Crippen LogP contribution in [0.25, 0.3) is 0 Å². The topological polar surface area (TPSA) is 35.2 Å². The van der Waals surface area contributed by atoms with E-state index in [1.54, 1.807) is 0 Å². The van der Waals surface area contributed by atoms with E-state index in [-0.39, 0.29) is 0 Å². The zero-order valence-corrected chi connectivity index (χ0v) is 9.53. The Balaban J connectivity index is 2.20. The first kappa shape index (κ1) is 10.6. The molecule has 0 heterocycles. The molecule has 2 aromatic rings. The molecule has 0 aliphatic carbocycles. The van der Waals surface area contributed by atoms with Crippen molar-refractivity contribution >= 4 is 5.69 Å². The van der Waals surface area contributed by atoms with Gasteiger partial charge in [-0.05, 0) is 61.4 Å². The summed E-state index contributed by atoms with van der Waals surface area (Å²) in [7, 11) is 0. The largest absolute Gasteiger partial charge is 0.457 e. The van der Waals surface area contributed by atoms with Gasteiger partial charge in [-0.15, -0.1) is 0 Å². The standard InChI is InChI=1S/C14H15NO/c1-10-3-6-14(9-11(10)2)16-13-7-4-12(15)5-8-13/h3-9H,15H2,1-2H3. The molecule has 0 aliphatic heterocycles. The Morgan fingerprint density at radius 1 is 0.812 bits per heavy atom. The van der Waals surface area contributed by atoms with Crippen LogP contribution >= 0.6 is 0 Å². The molecule has 0 atom stereocenters. The molecule has 2 nitrogen and oxygen atoms in total. The molecule has 0 aliphatic rings. The van der Waals surface area contributed by atoms with Crippen LogP contribution in [0, 0.1) is 13.8 Å². The van der Waals surface area contributed by atoms with Crippen LogP contribution in [0.2, 0.25) is 0 Å². The van der Waals surface area contributed by atoms with Crippen molar-refractivity contribution in [2.75, 3.05) is 5.73 Å². The second kappa shape index (κ2) is 4.27. The van der Waals surface area contributed by atoms with Gasteiger partial charge in [0.25, 0.3) is 0 Å². The molecule has 2 heteroatoms. The molecule has 16 heavy (non-hydrogen) atoms. The van der Waals surface area contributed by atoms with Gasteiger partial charge in [0.2, 0.25) is 0 Å². The quantitative estimate of drug-likeness (QED) is 0.772. The van der Waals surface area contributed by atoms with Crippen LogP contribution in [-0.4, -0.2) is 0 Å². The van der Waals surface area contributed by atoms with Crippen LogP contribution in [0.3, 0.4) is 0 Å². The molecular weight excluding hydrogens is 198 g/mol. The van der Waals surface area contributed by atoms with E-state index < -0.39 is 0 Å². The smallest absolute Gasteiger partial charge is 0.127 e. The molecule has 0 unspecified atom stereocenters. The summed E-state index contributed by atoms with van der Waals surface area (Å²) in [4.78, 5) is 0. The molecule has 2 N–H and O–H groups in total. The van der Waals surface area contributed by atoms with Crippen LogP contribution in [-0.2, 0) is 0 Å². The van der Waals surface area contributed by atoms with Crippen LogP contribution < -0.4 is 10.5 Å². The summed E-state index contributed by atoms with van der Waals surface area (Å²) in [6.45, 7) is 4.16. The number of hydrogen-bond donors (Lipinski definition) is 1. The minimum absolute atomic E-state index is 0.743. The Morgan fingerprint density at radius 2 is 1.44 bits per heavy atom. The van der Waals surface area contributed by atoms with Gasteiger partial charge in [0.15, 0.2) is 0 Å². The number of rotatable bonds is 2. The second-order valence-corrected chi connectivity index (χ2v) is 3.92. The SMILES string of the molecule is Cc1ccc(Oc2ccc(N)cc2)cc1C. The summed E-state index contributed by atoms with van der Waals surface area (Å²) < 4.78 is 5.71. The predicted octanol–water partition coefficient (Wildman–Crippen LogP) is 3.68. The van der Waals surface area contributed by atoms with Gasteiger partial charge in [-0.1, -0.05) is 6.07 Å². The van der Waals surface area contributed by atoms with E-state index in [1.807, 2.05) is 36.4 Å².